The number of methoxy groups -OCH3 is 1. The van der Waals surface area contributed by atoms with Gasteiger partial charge < -0.3 is 30.6 Å². The highest BCUT2D eigenvalue weighted by molar-refractivity contribution is 5.99. The van der Waals surface area contributed by atoms with E-state index in [2.05, 4.69) is 15.3 Å². The van der Waals surface area contributed by atoms with Gasteiger partial charge in [0.25, 0.3) is 5.91 Å². The lowest BCUT2D eigenvalue weighted by molar-refractivity contribution is -0.265. The van der Waals surface area contributed by atoms with Gasteiger partial charge in [-0.2, -0.15) is 13.2 Å². The Morgan fingerprint density at radius 1 is 1.20 bits per heavy atom. The standard InChI is InChI=1S/C28H24F4N4O5/c1-26(25(33)38)13-41-23-17(26)11-21(36-22(23)14-6-8-15(29)9-7-14)27(39,28(30,31)32)12-34-24(37)19-10-16-18(35-19)4-3-5-20(16)40-2/h3-11,35,39H,12-13H2,1-2H3,(H2,33,38)(H,34,37)/t26-,27?/m0/s1. The number of carbonyl (C=O) groups is 2. The van der Waals surface area contributed by atoms with Gasteiger partial charge in [-0.3, -0.25) is 9.59 Å². The zero-order valence-electron chi connectivity index (χ0n) is 21.7. The number of primary amides is 1. The number of nitrogens with one attached hydrogen (secondary N) is 2. The van der Waals surface area contributed by atoms with E-state index in [0.717, 1.165) is 18.2 Å². The average Bonchev–Trinajstić information content (AvgIpc) is 3.53. The number of nitrogens with two attached hydrogens (primary N) is 1. The molecule has 13 heteroatoms. The van der Waals surface area contributed by atoms with Crippen LogP contribution in [-0.2, 0) is 15.8 Å². The number of aromatic nitrogens is 2. The molecule has 0 bridgehead atoms. The Morgan fingerprint density at radius 2 is 1.90 bits per heavy atom. The molecular weight excluding hydrogens is 548 g/mol. The number of alkyl halides is 3. The Labute approximate surface area is 230 Å². The van der Waals surface area contributed by atoms with E-state index in [9.17, 15) is 32.3 Å². The van der Waals surface area contributed by atoms with Gasteiger partial charge in [-0.15, -0.1) is 0 Å². The summed E-state index contributed by atoms with van der Waals surface area (Å²) in [5.41, 5.74) is -0.210. The van der Waals surface area contributed by atoms with Crippen LogP contribution >= 0.6 is 0 Å². The van der Waals surface area contributed by atoms with Crippen LogP contribution in [0.4, 0.5) is 17.6 Å². The Hall–Kier alpha value is -4.65. The summed E-state index contributed by atoms with van der Waals surface area (Å²) in [5, 5.41) is 13.8. The van der Waals surface area contributed by atoms with Gasteiger partial charge in [-0.1, -0.05) is 6.07 Å². The lowest BCUT2D eigenvalue weighted by Crippen LogP contribution is -2.52. The summed E-state index contributed by atoms with van der Waals surface area (Å²) in [6.07, 6.45) is -5.34. The molecule has 2 atom stereocenters. The molecule has 41 heavy (non-hydrogen) atoms. The molecule has 5 N–H and O–H groups in total. The first-order chi connectivity index (χ1) is 19.3. The molecule has 5 rings (SSSR count). The molecule has 0 aliphatic carbocycles. The van der Waals surface area contributed by atoms with E-state index in [1.54, 1.807) is 18.2 Å². The number of carbonyl (C=O) groups excluding carboxylic acids is 2. The van der Waals surface area contributed by atoms with Gasteiger partial charge in [0.05, 0.1) is 19.3 Å². The summed E-state index contributed by atoms with van der Waals surface area (Å²) >= 11 is 0. The predicted octanol–water partition coefficient (Wildman–Crippen LogP) is 3.69. The van der Waals surface area contributed by atoms with Gasteiger partial charge >= 0.3 is 6.18 Å². The van der Waals surface area contributed by atoms with Crippen molar-refractivity contribution in [1.29, 1.82) is 0 Å². The van der Waals surface area contributed by atoms with Crippen LogP contribution in [0, 0.1) is 5.82 Å². The van der Waals surface area contributed by atoms with Gasteiger partial charge in [0.15, 0.2) is 0 Å². The van der Waals surface area contributed by atoms with Crippen molar-refractivity contribution in [2.24, 2.45) is 5.73 Å². The van der Waals surface area contributed by atoms with Crippen molar-refractivity contribution >= 4 is 22.7 Å². The maximum Gasteiger partial charge on any atom is 0.424 e. The smallest absolute Gasteiger partial charge is 0.424 e. The molecule has 1 aliphatic rings. The number of pyridine rings is 1. The maximum atomic E-state index is 14.6. The zero-order valence-corrected chi connectivity index (χ0v) is 21.7. The van der Waals surface area contributed by atoms with E-state index in [1.165, 1.54) is 32.2 Å². The number of rotatable bonds is 7. The molecule has 0 radical (unpaired) electrons. The van der Waals surface area contributed by atoms with Crippen molar-refractivity contribution in [3.63, 3.8) is 0 Å². The van der Waals surface area contributed by atoms with Crippen molar-refractivity contribution in [2.45, 2.75) is 24.1 Å². The van der Waals surface area contributed by atoms with Crippen molar-refractivity contribution in [2.75, 3.05) is 20.3 Å². The van der Waals surface area contributed by atoms with Crippen LogP contribution in [0.2, 0.25) is 0 Å². The van der Waals surface area contributed by atoms with Gasteiger partial charge in [0.1, 0.15) is 40.7 Å². The molecule has 2 aromatic carbocycles. The SMILES string of the molecule is COc1cccc2[nH]c(C(=O)NCC(O)(c3cc4c(c(-c5ccc(F)cc5)n3)OC[C@]4(C)C(N)=O)C(F)(F)F)cc12. The van der Waals surface area contributed by atoms with E-state index >= 15 is 0 Å². The molecule has 0 fully saturated rings. The Morgan fingerprint density at radius 3 is 2.54 bits per heavy atom. The molecule has 9 nitrogen and oxygen atoms in total. The second-order valence-electron chi connectivity index (χ2n) is 9.87. The minimum Gasteiger partial charge on any atom is -0.496 e. The fourth-order valence-electron chi connectivity index (χ4n) is 4.67. The predicted molar refractivity (Wildman–Crippen MR) is 139 cm³/mol. The molecule has 2 amide bonds. The molecule has 214 valence electrons. The normalized spacial score (nSPS) is 17.9. The fourth-order valence-corrected chi connectivity index (χ4v) is 4.67. The molecular formula is C28H24F4N4O5. The summed E-state index contributed by atoms with van der Waals surface area (Å²) in [6, 6.07) is 12.0. The molecule has 4 aromatic rings. The number of aromatic amines is 1. The molecule has 1 aliphatic heterocycles. The van der Waals surface area contributed by atoms with Crippen LogP contribution in [0.1, 0.15) is 28.7 Å². The summed E-state index contributed by atoms with van der Waals surface area (Å²) in [6.45, 7) is -0.232. The fraction of sp³-hybridized carbons (Fsp3) is 0.250. The Kier molecular flexibility index (Phi) is 6.65. The first-order valence-electron chi connectivity index (χ1n) is 12.3. The van der Waals surface area contributed by atoms with Crippen molar-refractivity contribution in [3.05, 3.63) is 77.4 Å². The number of hydrogen-bond acceptors (Lipinski definition) is 6. The van der Waals surface area contributed by atoms with Crippen molar-refractivity contribution in [1.82, 2.24) is 15.3 Å². The lowest BCUT2D eigenvalue weighted by atomic mass is 9.81. The number of halogens is 4. The summed E-state index contributed by atoms with van der Waals surface area (Å²) in [4.78, 5) is 32.1. The zero-order chi connectivity index (χ0) is 29.7. The third-order valence-corrected chi connectivity index (χ3v) is 7.22. The molecule has 0 spiro atoms. The van der Waals surface area contributed by atoms with Crippen LogP contribution in [0.5, 0.6) is 11.5 Å². The first kappa shape index (κ1) is 27.9. The van der Waals surface area contributed by atoms with E-state index < -0.39 is 47.1 Å². The molecule has 0 saturated heterocycles. The third-order valence-electron chi connectivity index (χ3n) is 7.22. The minimum absolute atomic E-state index is 0.0257. The monoisotopic (exact) mass is 572 g/mol. The summed E-state index contributed by atoms with van der Waals surface area (Å²) < 4.78 is 68.2. The highest BCUT2D eigenvalue weighted by Gasteiger charge is 2.57. The average molecular weight is 573 g/mol. The van der Waals surface area contributed by atoms with Crippen LogP contribution in [0.3, 0.4) is 0 Å². The number of hydrogen-bond donors (Lipinski definition) is 4. The van der Waals surface area contributed by atoms with Gasteiger partial charge in [-0.25, -0.2) is 9.37 Å². The topological polar surface area (TPSA) is 140 Å². The number of fused-ring (bicyclic) bond motifs is 2. The van der Waals surface area contributed by atoms with Crippen LogP contribution in [0.15, 0.2) is 54.6 Å². The number of ether oxygens (including phenoxy) is 2. The van der Waals surface area contributed by atoms with Crippen molar-refractivity contribution < 1.29 is 41.7 Å². The number of amides is 2. The maximum absolute atomic E-state index is 14.6. The van der Waals surface area contributed by atoms with Crippen LogP contribution < -0.4 is 20.5 Å². The van der Waals surface area contributed by atoms with Crippen LogP contribution in [-0.4, -0.2) is 53.3 Å². The largest absolute Gasteiger partial charge is 0.496 e. The number of benzene rings is 2. The quantitative estimate of drug-likeness (QED) is 0.249. The summed E-state index contributed by atoms with van der Waals surface area (Å²) in [5.74, 6) is -2.00. The second kappa shape index (κ2) is 9.77. The number of nitrogens with zero attached hydrogens (tertiary/aromatic N) is 1. The van der Waals surface area contributed by atoms with E-state index in [4.69, 9.17) is 15.2 Å². The molecule has 0 saturated carbocycles. The highest BCUT2D eigenvalue weighted by atomic mass is 19.4. The second-order valence-corrected chi connectivity index (χ2v) is 9.87. The first-order valence-corrected chi connectivity index (χ1v) is 12.3. The van der Waals surface area contributed by atoms with Crippen molar-refractivity contribution in [3.8, 4) is 22.8 Å². The van der Waals surface area contributed by atoms with E-state index in [0.29, 0.717) is 16.7 Å². The van der Waals surface area contributed by atoms with Gasteiger partial charge in [0.2, 0.25) is 11.5 Å². The van der Waals surface area contributed by atoms with Gasteiger partial charge in [0, 0.05) is 22.0 Å². The lowest BCUT2D eigenvalue weighted by Gasteiger charge is -2.31. The molecule has 1 unspecified atom stereocenters. The summed E-state index contributed by atoms with van der Waals surface area (Å²) in [7, 11) is 1.43. The Bertz CT molecular complexity index is 1670. The Balaban J connectivity index is 1.58. The van der Waals surface area contributed by atoms with E-state index in [-0.39, 0.29) is 34.9 Å². The van der Waals surface area contributed by atoms with E-state index in [1.807, 2.05) is 0 Å². The number of H-pyrrole nitrogens is 1. The van der Waals surface area contributed by atoms with Crippen LogP contribution in [0.25, 0.3) is 22.2 Å². The molecule has 3 heterocycles. The number of aliphatic hydroxyl groups is 1. The van der Waals surface area contributed by atoms with Gasteiger partial charge in [-0.05, 0) is 55.5 Å². The minimum atomic E-state index is -5.34. The highest BCUT2D eigenvalue weighted by Crippen LogP contribution is 2.47. The third kappa shape index (κ3) is 4.61. The molecule has 2 aromatic heterocycles.